The molecule has 0 radical (unpaired) electrons. The summed E-state index contributed by atoms with van der Waals surface area (Å²) in [6, 6.07) is 5.00. The van der Waals surface area contributed by atoms with Crippen molar-refractivity contribution < 1.29 is 9.53 Å². The third kappa shape index (κ3) is 3.12. The largest absolute Gasteiger partial charge is 0.497 e. The Morgan fingerprint density at radius 3 is 2.84 bits per heavy atom. The molecule has 0 aliphatic heterocycles. The van der Waals surface area contributed by atoms with E-state index in [4.69, 9.17) is 16.3 Å². The number of rotatable bonds is 4. The number of carbonyl (C=O) groups is 1. The maximum absolute atomic E-state index is 12.0. The Balaban J connectivity index is 2.18. The second kappa shape index (κ2) is 5.85. The number of carbonyl (C=O) groups excluding carboxylic acids is 1. The fourth-order valence-electron chi connectivity index (χ4n) is 1.32. The van der Waals surface area contributed by atoms with Gasteiger partial charge in [-0.25, -0.2) is 0 Å². The van der Waals surface area contributed by atoms with Gasteiger partial charge >= 0.3 is 0 Å². The summed E-state index contributed by atoms with van der Waals surface area (Å²) in [6.45, 7) is 0. The minimum atomic E-state index is -0.367. The summed E-state index contributed by atoms with van der Waals surface area (Å²) < 4.78 is 5.07. The smallest absolute Gasteiger partial charge is 0.286 e. The average molecular weight is 299 g/mol. The number of nitrogens with zero attached hydrogens (tertiary/aromatic N) is 2. The maximum atomic E-state index is 12.0. The van der Waals surface area contributed by atoms with Crippen LogP contribution in [-0.4, -0.2) is 30.3 Å². The van der Waals surface area contributed by atoms with Gasteiger partial charge in [-0.1, -0.05) is 22.9 Å². The summed E-state index contributed by atoms with van der Waals surface area (Å²) in [5, 5.41) is 14.3. The van der Waals surface area contributed by atoms with Gasteiger partial charge in [-0.2, -0.15) is 0 Å². The number of aromatic nitrogens is 2. The fourth-order valence-corrected chi connectivity index (χ4v) is 2.08. The highest BCUT2D eigenvalue weighted by molar-refractivity contribution is 7.17. The molecule has 1 heterocycles. The van der Waals surface area contributed by atoms with E-state index in [9.17, 15) is 4.79 Å². The fraction of sp³-hybridized carbons (Fsp3) is 0.182. The van der Waals surface area contributed by atoms with Gasteiger partial charge < -0.3 is 15.4 Å². The summed E-state index contributed by atoms with van der Waals surface area (Å²) in [5.74, 6) is 0.238. The number of hydrogen-bond acceptors (Lipinski definition) is 6. The second-order valence-corrected chi connectivity index (χ2v) is 4.85. The Hall–Kier alpha value is -1.86. The molecule has 6 nitrogen and oxygen atoms in total. The summed E-state index contributed by atoms with van der Waals surface area (Å²) in [7, 11) is 3.25. The summed E-state index contributed by atoms with van der Waals surface area (Å²) in [4.78, 5) is 12.0. The molecule has 0 aliphatic rings. The van der Waals surface area contributed by atoms with Crippen LogP contribution in [0, 0.1) is 0 Å². The first-order valence-corrected chi connectivity index (χ1v) is 6.49. The number of nitrogens with one attached hydrogen (secondary N) is 2. The normalized spacial score (nSPS) is 10.1. The molecule has 2 aromatic rings. The van der Waals surface area contributed by atoms with E-state index in [2.05, 4.69) is 20.8 Å². The first-order valence-electron chi connectivity index (χ1n) is 5.30. The van der Waals surface area contributed by atoms with Crippen LogP contribution in [0.15, 0.2) is 18.2 Å². The minimum absolute atomic E-state index is 0.253. The van der Waals surface area contributed by atoms with Gasteiger partial charge in [0, 0.05) is 13.1 Å². The first-order chi connectivity index (χ1) is 9.13. The molecule has 1 amide bonds. The summed E-state index contributed by atoms with van der Waals surface area (Å²) in [5.41, 5.74) is 0.465. The van der Waals surface area contributed by atoms with Crippen molar-refractivity contribution in [3.63, 3.8) is 0 Å². The number of ether oxygens (including phenoxy) is 1. The van der Waals surface area contributed by atoms with Crippen LogP contribution >= 0.6 is 22.9 Å². The van der Waals surface area contributed by atoms with Crippen LogP contribution in [-0.2, 0) is 0 Å². The van der Waals surface area contributed by atoms with Gasteiger partial charge in [-0.05, 0) is 12.1 Å². The van der Waals surface area contributed by atoms with Gasteiger partial charge in [0.2, 0.25) is 10.1 Å². The predicted molar refractivity (Wildman–Crippen MR) is 75.4 cm³/mol. The number of hydrogen-bond donors (Lipinski definition) is 2. The molecule has 0 saturated carbocycles. The molecule has 0 atom stereocenters. The van der Waals surface area contributed by atoms with E-state index in [0.717, 1.165) is 11.3 Å². The Bertz CT molecular complexity index is 602. The molecular weight excluding hydrogens is 288 g/mol. The molecule has 2 N–H and O–H groups in total. The molecule has 1 aromatic carbocycles. The van der Waals surface area contributed by atoms with E-state index in [0.29, 0.717) is 21.6 Å². The van der Waals surface area contributed by atoms with Gasteiger partial charge in [0.1, 0.15) is 5.75 Å². The lowest BCUT2D eigenvalue weighted by molar-refractivity contribution is 0.102. The average Bonchev–Trinajstić information content (AvgIpc) is 2.90. The molecule has 100 valence electrons. The summed E-state index contributed by atoms with van der Waals surface area (Å²) in [6.07, 6.45) is 0. The van der Waals surface area contributed by atoms with Crippen molar-refractivity contribution in [3.8, 4) is 5.75 Å². The van der Waals surface area contributed by atoms with Crippen LogP contribution in [0.25, 0.3) is 0 Å². The predicted octanol–water partition coefficient (Wildman–Crippen LogP) is 2.49. The van der Waals surface area contributed by atoms with Crippen molar-refractivity contribution in [2.24, 2.45) is 0 Å². The summed E-state index contributed by atoms with van der Waals surface area (Å²) >= 11 is 7.16. The molecule has 0 fully saturated rings. The number of methoxy groups -OCH3 is 1. The Labute approximate surface area is 118 Å². The van der Waals surface area contributed by atoms with E-state index in [1.165, 1.54) is 0 Å². The van der Waals surface area contributed by atoms with E-state index in [1.54, 1.807) is 32.4 Å². The van der Waals surface area contributed by atoms with Gasteiger partial charge in [-0.3, -0.25) is 4.79 Å². The van der Waals surface area contributed by atoms with E-state index in [1.807, 2.05) is 0 Å². The molecule has 0 unspecified atom stereocenters. The van der Waals surface area contributed by atoms with Crippen molar-refractivity contribution in [3.05, 3.63) is 28.2 Å². The van der Waals surface area contributed by atoms with Gasteiger partial charge in [0.25, 0.3) is 5.91 Å². The highest BCUT2D eigenvalue weighted by atomic mass is 35.5. The van der Waals surface area contributed by atoms with E-state index < -0.39 is 0 Å². The molecule has 0 spiro atoms. The highest BCUT2D eigenvalue weighted by Crippen LogP contribution is 2.27. The van der Waals surface area contributed by atoms with Crippen molar-refractivity contribution >= 4 is 39.7 Å². The number of anilines is 2. The first kappa shape index (κ1) is 13.6. The molecule has 8 heteroatoms. The molecule has 1 aromatic heterocycles. The zero-order valence-corrected chi connectivity index (χ0v) is 11.8. The van der Waals surface area contributed by atoms with Crippen molar-refractivity contribution in [1.29, 1.82) is 0 Å². The lowest BCUT2D eigenvalue weighted by Crippen LogP contribution is -2.12. The Kier molecular flexibility index (Phi) is 4.18. The van der Waals surface area contributed by atoms with E-state index in [-0.39, 0.29) is 10.9 Å². The molecule has 19 heavy (non-hydrogen) atoms. The number of halogens is 1. The molecule has 0 aliphatic carbocycles. The quantitative estimate of drug-likeness (QED) is 0.907. The minimum Gasteiger partial charge on any atom is -0.497 e. The lowest BCUT2D eigenvalue weighted by atomic mass is 10.3. The number of amides is 1. The third-order valence-electron chi connectivity index (χ3n) is 2.25. The maximum Gasteiger partial charge on any atom is 0.286 e. The van der Waals surface area contributed by atoms with Crippen molar-refractivity contribution in [2.45, 2.75) is 0 Å². The topological polar surface area (TPSA) is 76.1 Å². The van der Waals surface area contributed by atoms with Gasteiger partial charge in [0.15, 0.2) is 0 Å². The zero-order chi connectivity index (χ0) is 13.8. The van der Waals surface area contributed by atoms with Crippen LogP contribution in [0.5, 0.6) is 5.75 Å². The van der Waals surface area contributed by atoms with Crippen molar-refractivity contribution in [2.75, 3.05) is 24.8 Å². The van der Waals surface area contributed by atoms with Crippen LogP contribution in [0.1, 0.15) is 9.80 Å². The van der Waals surface area contributed by atoms with Crippen molar-refractivity contribution in [1.82, 2.24) is 10.2 Å². The van der Waals surface area contributed by atoms with Crippen LogP contribution in [0.3, 0.4) is 0 Å². The Morgan fingerprint density at radius 2 is 2.21 bits per heavy atom. The number of benzene rings is 1. The second-order valence-electron chi connectivity index (χ2n) is 3.46. The molecule has 2 rings (SSSR count). The van der Waals surface area contributed by atoms with E-state index >= 15 is 0 Å². The molecular formula is C11H11ClN4O2S. The molecule has 0 saturated heterocycles. The third-order valence-corrected chi connectivity index (χ3v) is 3.52. The molecule has 0 bridgehead atoms. The van der Waals surface area contributed by atoms with Crippen LogP contribution < -0.4 is 15.4 Å². The van der Waals surface area contributed by atoms with Gasteiger partial charge in [0.05, 0.1) is 17.8 Å². The standard InChI is InChI=1S/C11H11ClN4O2S/c1-13-11-16-15-10(19-11)9(17)14-8-5-6(18-2)3-4-7(8)12/h3-5H,1-2H3,(H,13,16)(H,14,17). The van der Waals surface area contributed by atoms with Crippen LogP contribution in [0.2, 0.25) is 5.02 Å². The van der Waals surface area contributed by atoms with Crippen LogP contribution in [0.4, 0.5) is 10.8 Å². The highest BCUT2D eigenvalue weighted by Gasteiger charge is 2.14. The Morgan fingerprint density at radius 1 is 1.42 bits per heavy atom. The van der Waals surface area contributed by atoms with Gasteiger partial charge in [-0.15, -0.1) is 10.2 Å². The lowest BCUT2D eigenvalue weighted by Gasteiger charge is -2.07. The SMILES string of the molecule is CNc1nnc(C(=O)Nc2cc(OC)ccc2Cl)s1. The zero-order valence-electron chi connectivity index (χ0n) is 10.2. The monoisotopic (exact) mass is 298 g/mol.